The molecule has 1 heterocycles. The Balaban J connectivity index is 1.46. The highest BCUT2D eigenvalue weighted by atomic mass is 16.5. The van der Waals surface area contributed by atoms with E-state index in [0.717, 1.165) is 36.3 Å². The summed E-state index contributed by atoms with van der Waals surface area (Å²) >= 11 is 0. The van der Waals surface area contributed by atoms with Crippen LogP contribution in [-0.4, -0.2) is 11.6 Å². The van der Waals surface area contributed by atoms with Crippen molar-refractivity contribution in [2.24, 2.45) is 11.8 Å². The number of hydrogen-bond acceptors (Lipinski definition) is 2. The fraction of sp³-hybridized carbons (Fsp3) is 0.577. The summed E-state index contributed by atoms with van der Waals surface area (Å²) in [6, 6.07) is 13.1. The Morgan fingerprint density at radius 2 is 1.64 bits per heavy atom. The maximum atomic E-state index is 5.76. The molecule has 152 valence electrons. The van der Waals surface area contributed by atoms with E-state index >= 15 is 0 Å². The van der Waals surface area contributed by atoms with Crippen LogP contribution in [0, 0.1) is 11.8 Å². The highest BCUT2D eigenvalue weighted by molar-refractivity contribution is 5.59. The predicted molar refractivity (Wildman–Crippen MR) is 119 cm³/mol. The lowest BCUT2D eigenvalue weighted by Gasteiger charge is -2.27. The van der Waals surface area contributed by atoms with Crippen LogP contribution in [0.1, 0.15) is 77.2 Å². The lowest BCUT2D eigenvalue weighted by Crippen LogP contribution is -2.14. The molecule has 2 heteroatoms. The first kappa shape index (κ1) is 20.9. The van der Waals surface area contributed by atoms with E-state index in [2.05, 4.69) is 49.2 Å². The zero-order chi connectivity index (χ0) is 19.6. The van der Waals surface area contributed by atoms with Gasteiger partial charge in [0.15, 0.2) is 0 Å². The molecule has 0 unspecified atom stereocenters. The van der Waals surface area contributed by atoms with Gasteiger partial charge in [0.25, 0.3) is 0 Å². The topological polar surface area (TPSA) is 22.1 Å². The van der Waals surface area contributed by atoms with E-state index in [1.165, 1.54) is 68.9 Å². The Hall–Kier alpha value is -1.83. The molecule has 1 aliphatic carbocycles. The van der Waals surface area contributed by atoms with Crippen LogP contribution in [0.4, 0.5) is 0 Å². The van der Waals surface area contributed by atoms with E-state index in [-0.39, 0.29) is 0 Å². The number of pyridine rings is 1. The van der Waals surface area contributed by atoms with Crippen LogP contribution in [0.2, 0.25) is 0 Å². The van der Waals surface area contributed by atoms with Gasteiger partial charge in [-0.25, -0.2) is 0 Å². The molecule has 3 rings (SSSR count). The van der Waals surface area contributed by atoms with Crippen LogP contribution in [0.3, 0.4) is 0 Å². The first-order chi connectivity index (χ1) is 13.8. The number of aryl methyl sites for hydroxylation is 1. The summed E-state index contributed by atoms with van der Waals surface area (Å²) in [7, 11) is 0. The second-order valence-electron chi connectivity index (χ2n) is 8.47. The molecule has 0 spiro atoms. The van der Waals surface area contributed by atoms with Crippen LogP contribution in [0.25, 0.3) is 11.3 Å². The maximum absolute atomic E-state index is 5.76. The molecule has 0 radical (unpaired) electrons. The second kappa shape index (κ2) is 11.2. The summed E-state index contributed by atoms with van der Waals surface area (Å²) in [4.78, 5) is 4.59. The molecule has 0 bridgehead atoms. The number of aromatic nitrogens is 1. The van der Waals surface area contributed by atoms with Gasteiger partial charge in [0, 0.05) is 5.56 Å². The fourth-order valence-corrected chi connectivity index (χ4v) is 4.32. The Morgan fingerprint density at radius 3 is 2.29 bits per heavy atom. The summed E-state index contributed by atoms with van der Waals surface area (Å²) in [5, 5.41) is 0. The molecule has 28 heavy (non-hydrogen) atoms. The first-order valence-corrected chi connectivity index (χ1v) is 11.5. The van der Waals surface area contributed by atoms with Crippen molar-refractivity contribution in [3.05, 3.63) is 48.2 Å². The molecule has 1 saturated carbocycles. The lowest BCUT2D eigenvalue weighted by molar-refractivity contribution is 0.259. The normalized spacial score (nSPS) is 19.5. The molecule has 1 aromatic heterocycles. The number of unbranched alkanes of at least 4 members (excludes halogenated alkanes) is 2. The van der Waals surface area contributed by atoms with Gasteiger partial charge in [-0.05, 0) is 48.8 Å². The number of benzene rings is 1. The van der Waals surface area contributed by atoms with E-state index in [9.17, 15) is 0 Å². The molecule has 2 nitrogen and oxygen atoms in total. The molecule has 1 aromatic carbocycles. The molecule has 0 amide bonds. The number of nitrogens with zero attached hydrogens (tertiary/aromatic N) is 1. The van der Waals surface area contributed by atoms with Crippen molar-refractivity contribution in [1.29, 1.82) is 0 Å². The predicted octanol–water partition coefficient (Wildman–Crippen LogP) is 7.47. The van der Waals surface area contributed by atoms with E-state index in [4.69, 9.17) is 4.74 Å². The summed E-state index contributed by atoms with van der Waals surface area (Å²) in [6.07, 6.45) is 15.1. The van der Waals surface area contributed by atoms with Gasteiger partial charge in [0.1, 0.15) is 5.75 Å². The van der Waals surface area contributed by atoms with Gasteiger partial charge in [-0.1, -0.05) is 83.1 Å². The largest absolute Gasteiger partial charge is 0.492 e. The smallest absolute Gasteiger partial charge is 0.137 e. The molecular weight excluding hydrogens is 342 g/mol. The number of ether oxygens (including phenoxy) is 1. The van der Waals surface area contributed by atoms with E-state index in [0.29, 0.717) is 0 Å². The Bertz CT molecular complexity index is 669. The molecule has 0 saturated heterocycles. The van der Waals surface area contributed by atoms with Crippen molar-refractivity contribution in [3.8, 4) is 17.0 Å². The van der Waals surface area contributed by atoms with Crippen molar-refractivity contribution in [2.45, 2.75) is 78.1 Å². The summed E-state index contributed by atoms with van der Waals surface area (Å²) < 4.78 is 5.76. The molecule has 1 fully saturated rings. The average molecular weight is 380 g/mol. The van der Waals surface area contributed by atoms with Gasteiger partial charge in [-0.15, -0.1) is 0 Å². The molecule has 2 aromatic rings. The van der Waals surface area contributed by atoms with Crippen LogP contribution >= 0.6 is 0 Å². The lowest BCUT2D eigenvalue weighted by atomic mass is 9.78. The summed E-state index contributed by atoms with van der Waals surface area (Å²) in [5.41, 5.74) is 3.66. The van der Waals surface area contributed by atoms with Gasteiger partial charge in [-0.2, -0.15) is 0 Å². The van der Waals surface area contributed by atoms with Crippen LogP contribution in [-0.2, 0) is 6.42 Å². The third-order valence-corrected chi connectivity index (χ3v) is 6.39. The minimum Gasteiger partial charge on any atom is -0.492 e. The number of hydrogen-bond donors (Lipinski definition) is 0. The van der Waals surface area contributed by atoms with Crippen molar-refractivity contribution in [3.63, 3.8) is 0 Å². The fourth-order valence-electron chi connectivity index (χ4n) is 4.32. The second-order valence-corrected chi connectivity index (χ2v) is 8.47. The standard InChI is InChI=1S/C26H37NO/c1-3-5-6-19-28-25-17-18-26(27-20-25)24-15-13-23(14-16-24)12-11-22-9-7-21(4-2)8-10-22/h13-18,20-22H,3-12,19H2,1-2H3/t21-,22-. The summed E-state index contributed by atoms with van der Waals surface area (Å²) in [5.74, 6) is 2.81. The van der Waals surface area contributed by atoms with E-state index in [1.807, 2.05) is 12.3 Å². The monoisotopic (exact) mass is 379 g/mol. The van der Waals surface area contributed by atoms with E-state index < -0.39 is 0 Å². The van der Waals surface area contributed by atoms with Crippen molar-refractivity contribution < 1.29 is 4.74 Å². The zero-order valence-electron chi connectivity index (χ0n) is 17.8. The Morgan fingerprint density at radius 1 is 0.893 bits per heavy atom. The Kier molecular flexibility index (Phi) is 8.39. The van der Waals surface area contributed by atoms with Crippen molar-refractivity contribution in [1.82, 2.24) is 4.98 Å². The van der Waals surface area contributed by atoms with E-state index in [1.54, 1.807) is 0 Å². The number of rotatable bonds is 10. The molecular formula is C26H37NO. The molecule has 1 aliphatic rings. The third-order valence-electron chi connectivity index (χ3n) is 6.39. The highest BCUT2D eigenvalue weighted by Gasteiger charge is 2.19. The van der Waals surface area contributed by atoms with Gasteiger partial charge >= 0.3 is 0 Å². The third kappa shape index (κ3) is 6.36. The van der Waals surface area contributed by atoms with Gasteiger partial charge < -0.3 is 4.74 Å². The van der Waals surface area contributed by atoms with Gasteiger partial charge in [0.05, 0.1) is 18.5 Å². The highest BCUT2D eigenvalue weighted by Crippen LogP contribution is 2.33. The zero-order valence-corrected chi connectivity index (χ0v) is 17.8. The minimum atomic E-state index is 0.781. The van der Waals surface area contributed by atoms with Crippen molar-refractivity contribution in [2.75, 3.05) is 6.61 Å². The minimum absolute atomic E-state index is 0.781. The quantitative estimate of drug-likeness (QED) is 0.399. The first-order valence-electron chi connectivity index (χ1n) is 11.5. The summed E-state index contributed by atoms with van der Waals surface area (Å²) in [6.45, 7) is 5.33. The van der Waals surface area contributed by atoms with Crippen molar-refractivity contribution >= 4 is 0 Å². The van der Waals surface area contributed by atoms with Crippen LogP contribution in [0.5, 0.6) is 5.75 Å². The van der Waals surface area contributed by atoms with Crippen LogP contribution < -0.4 is 4.74 Å². The van der Waals surface area contributed by atoms with Gasteiger partial charge in [0.2, 0.25) is 0 Å². The van der Waals surface area contributed by atoms with Crippen LogP contribution in [0.15, 0.2) is 42.6 Å². The Labute approximate surface area is 171 Å². The average Bonchev–Trinajstić information content (AvgIpc) is 2.76. The SMILES string of the molecule is CCCCCOc1ccc(-c2ccc(CC[C@H]3CC[C@H](CC)CC3)cc2)nc1. The molecule has 0 atom stereocenters. The van der Waals surface area contributed by atoms with Gasteiger partial charge in [-0.3, -0.25) is 4.98 Å². The maximum Gasteiger partial charge on any atom is 0.137 e. The molecule has 0 N–H and O–H groups in total. The molecule has 0 aliphatic heterocycles.